The summed E-state index contributed by atoms with van der Waals surface area (Å²) in [5.41, 5.74) is 1.03. The summed E-state index contributed by atoms with van der Waals surface area (Å²) in [5.74, 6) is 1.72. The van der Waals surface area contributed by atoms with Crippen molar-refractivity contribution in [3.8, 4) is 28.7 Å². The number of rotatable bonds is 14. The SMILES string of the molecule is COCOc1cc(C(=O)/C=C/c2ccc(OC)cc2OC)cc(OCOC)c1OCOC. The van der Waals surface area contributed by atoms with Crippen LogP contribution in [0.15, 0.2) is 36.4 Å². The Balaban J connectivity index is 2.39. The molecule has 0 amide bonds. The number of hydrogen-bond donors (Lipinski definition) is 0. The maximum Gasteiger partial charge on any atom is 0.206 e. The Morgan fingerprint density at radius 2 is 1.34 bits per heavy atom. The van der Waals surface area contributed by atoms with Gasteiger partial charge in [-0.25, -0.2) is 0 Å². The first-order chi connectivity index (χ1) is 15.6. The standard InChI is InChI=1S/C23H28O9/c1-25-13-30-21-10-17(11-22(31-14-26-2)23(21)32-15-27-3)19(24)9-7-16-6-8-18(28-4)12-20(16)29-5/h6-12H,13-15H2,1-5H3/b9-7+. The molecule has 9 nitrogen and oxygen atoms in total. The zero-order valence-corrected chi connectivity index (χ0v) is 18.8. The van der Waals surface area contributed by atoms with E-state index in [-0.39, 0.29) is 43.4 Å². The minimum Gasteiger partial charge on any atom is -0.497 e. The third-order valence-corrected chi connectivity index (χ3v) is 4.15. The molecule has 0 aliphatic rings. The predicted octanol–water partition coefficient (Wildman–Crippen LogP) is 3.55. The van der Waals surface area contributed by atoms with Crippen LogP contribution < -0.4 is 23.7 Å². The normalized spacial score (nSPS) is 10.8. The summed E-state index contributed by atoms with van der Waals surface area (Å²) in [6, 6.07) is 8.40. The van der Waals surface area contributed by atoms with Gasteiger partial charge in [0.1, 0.15) is 11.5 Å². The van der Waals surface area contributed by atoms with E-state index in [1.807, 2.05) is 0 Å². The van der Waals surface area contributed by atoms with Gasteiger partial charge in [0, 0.05) is 38.5 Å². The van der Waals surface area contributed by atoms with Crippen molar-refractivity contribution in [1.82, 2.24) is 0 Å². The molecule has 0 radical (unpaired) electrons. The predicted molar refractivity (Wildman–Crippen MR) is 117 cm³/mol. The highest BCUT2D eigenvalue weighted by molar-refractivity contribution is 6.07. The molecule has 0 bridgehead atoms. The maximum atomic E-state index is 12.9. The molecule has 0 aliphatic heterocycles. The van der Waals surface area contributed by atoms with E-state index < -0.39 is 0 Å². The molecule has 2 aromatic carbocycles. The van der Waals surface area contributed by atoms with Gasteiger partial charge in [-0.05, 0) is 36.4 Å². The molecule has 9 heteroatoms. The van der Waals surface area contributed by atoms with E-state index in [0.717, 1.165) is 0 Å². The molecule has 0 aromatic heterocycles. The van der Waals surface area contributed by atoms with Gasteiger partial charge in [-0.15, -0.1) is 0 Å². The summed E-state index contributed by atoms with van der Waals surface area (Å²) >= 11 is 0. The van der Waals surface area contributed by atoms with Crippen LogP contribution in [0.5, 0.6) is 28.7 Å². The summed E-state index contributed by atoms with van der Waals surface area (Å²) in [6.07, 6.45) is 3.08. The lowest BCUT2D eigenvalue weighted by Gasteiger charge is -2.17. The molecule has 0 spiro atoms. The van der Waals surface area contributed by atoms with Crippen LogP contribution in [-0.4, -0.2) is 61.7 Å². The molecule has 2 aromatic rings. The van der Waals surface area contributed by atoms with Crippen LogP contribution >= 0.6 is 0 Å². The van der Waals surface area contributed by atoms with Crippen molar-refractivity contribution < 1.29 is 42.7 Å². The molecule has 0 heterocycles. The van der Waals surface area contributed by atoms with E-state index >= 15 is 0 Å². The van der Waals surface area contributed by atoms with Crippen LogP contribution in [-0.2, 0) is 14.2 Å². The molecule has 2 rings (SSSR count). The highest BCUT2D eigenvalue weighted by Gasteiger charge is 2.18. The number of ether oxygens (including phenoxy) is 8. The van der Waals surface area contributed by atoms with Crippen LogP contribution in [0.3, 0.4) is 0 Å². The second-order valence-corrected chi connectivity index (χ2v) is 6.26. The smallest absolute Gasteiger partial charge is 0.206 e. The van der Waals surface area contributed by atoms with Crippen LogP contribution in [0.4, 0.5) is 0 Å². The number of ketones is 1. The molecule has 0 aliphatic carbocycles. The molecule has 0 fully saturated rings. The fourth-order valence-corrected chi connectivity index (χ4v) is 2.66. The number of hydrogen-bond acceptors (Lipinski definition) is 9. The van der Waals surface area contributed by atoms with E-state index in [2.05, 4.69) is 0 Å². The first-order valence-corrected chi connectivity index (χ1v) is 9.55. The van der Waals surface area contributed by atoms with Gasteiger partial charge in [0.2, 0.25) is 5.75 Å². The van der Waals surface area contributed by atoms with Gasteiger partial charge in [-0.1, -0.05) is 0 Å². The topological polar surface area (TPSA) is 90.9 Å². The minimum absolute atomic E-state index is 0.0445. The van der Waals surface area contributed by atoms with Gasteiger partial charge >= 0.3 is 0 Å². The molecule has 0 saturated carbocycles. The molecule has 0 N–H and O–H groups in total. The van der Waals surface area contributed by atoms with Crippen molar-refractivity contribution in [1.29, 1.82) is 0 Å². The average molecular weight is 448 g/mol. The van der Waals surface area contributed by atoms with Crippen LogP contribution in [0.1, 0.15) is 15.9 Å². The van der Waals surface area contributed by atoms with E-state index in [1.54, 1.807) is 50.6 Å². The number of allylic oxidation sites excluding steroid dienone is 1. The third kappa shape index (κ3) is 6.88. The number of carbonyl (C=O) groups excluding carboxylic acids is 1. The number of benzene rings is 2. The van der Waals surface area contributed by atoms with Crippen molar-refractivity contribution >= 4 is 11.9 Å². The summed E-state index contributed by atoms with van der Waals surface area (Å²) in [5, 5.41) is 0. The van der Waals surface area contributed by atoms with Crippen LogP contribution in [0.2, 0.25) is 0 Å². The summed E-state index contributed by atoms with van der Waals surface area (Å²) in [7, 11) is 7.57. The third-order valence-electron chi connectivity index (χ3n) is 4.15. The quantitative estimate of drug-likeness (QED) is 0.244. The van der Waals surface area contributed by atoms with Gasteiger partial charge in [0.05, 0.1) is 14.2 Å². The fraction of sp³-hybridized carbons (Fsp3) is 0.348. The minimum atomic E-state index is -0.286. The van der Waals surface area contributed by atoms with E-state index in [1.165, 1.54) is 27.4 Å². The average Bonchev–Trinajstić information content (AvgIpc) is 2.83. The number of carbonyl (C=O) groups is 1. The fourth-order valence-electron chi connectivity index (χ4n) is 2.66. The lowest BCUT2D eigenvalue weighted by molar-refractivity contribution is 0.0217. The zero-order chi connectivity index (χ0) is 23.3. The molecule has 174 valence electrons. The second-order valence-electron chi connectivity index (χ2n) is 6.26. The Morgan fingerprint density at radius 1 is 0.750 bits per heavy atom. The lowest BCUT2D eigenvalue weighted by atomic mass is 10.1. The summed E-state index contributed by atoms with van der Waals surface area (Å²) in [4.78, 5) is 12.9. The summed E-state index contributed by atoms with van der Waals surface area (Å²) < 4.78 is 42.3. The van der Waals surface area contributed by atoms with Crippen molar-refractivity contribution in [3.63, 3.8) is 0 Å². The van der Waals surface area contributed by atoms with Gasteiger partial charge in [0.25, 0.3) is 0 Å². The van der Waals surface area contributed by atoms with Gasteiger partial charge < -0.3 is 37.9 Å². The largest absolute Gasteiger partial charge is 0.497 e. The van der Waals surface area contributed by atoms with E-state index in [0.29, 0.717) is 22.6 Å². The van der Waals surface area contributed by atoms with E-state index in [9.17, 15) is 4.79 Å². The summed E-state index contributed by atoms with van der Waals surface area (Å²) in [6.45, 7) is -0.148. The van der Waals surface area contributed by atoms with Gasteiger partial charge in [-0.2, -0.15) is 0 Å². The first kappa shape index (κ1) is 25.0. The molecule has 0 unspecified atom stereocenters. The van der Waals surface area contributed by atoms with E-state index in [4.69, 9.17) is 37.9 Å². The second kappa shape index (κ2) is 13.2. The first-order valence-electron chi connectivity index (χ1n) is 9.55. The Hall–Kier alpha value is -3.27. The molecule has 0 saturated heterocycles. The molecule has 0 atom stereocenters. The molecular weight excluding hydrogens is 420 g/mol. The van der Waals surface area contributed by atoms with Crippen molar-refractivity contribution in [2.24, 2.45) is 0 Å². The Bertz CT molecular complexity index is 879. The van der Waals surface area contributed by atoms with Gasteiger partial charge in [0.15, 0.2) is 37.7 Å². The number of methoxy groups -OCH3 is 5. The Kier molecular flexibility index (Phi) is 10.3. The highest BCUT2D eigenvalue weighted by Crippen LogP contribution is 2.39. The van der Waals surface area contributed by atoms with Gasteiger partial charge in [-0.3, -0.25) is 4.79 Å². The maximum absolute atomic E-state index is 12.9. The Labute approximate surface area is 187 Å². The van der Waals surface area contributed by atoms with Crippen LogP contribution in [0.25, 0.3) is 6.08 Å². The molecular formula is C23H28O9. The zero-order valence-electron chi connectivity index (χ0n) is 18.8. The van der Waals surface area contributed by atoms with Crippen LogP contribution in [0, 0.1) is 0 Å². The Morgan fingerprint density at radius 3 is 1.88 bits per heavy atom. The van der Waals surface area contributed by atoms with Crippen molar-refractivity contribution in [3.05, 3.63) is 47.5 Å². The lowest BCUT2D eigenvalue weighted by Crippen LogP contribution is -2.09. The highest BCUT2D eigenvalue weighted by atomic mass is 16.7. The molecule has 32 heavy (non-hydrogen) atoms. The van der Waals surface area contributed by atoms with Crippen molar-refractivity contribution in [2.75, 3.05) is 55.9 Å². The monoisotopic (exact) mass is 448 g/mol. The van der Waals surface area contributed by atoms with Crippen molar-refractivity contribution in [2.45, 2.75) is 0 Å².